The monoisotopic (exact) mass is 355 g/mol. The van der Waals surface area contributed by atoms with E-state index in [0.29, 0.717) is 5.75 Å². The molecular formula is C21H26FN3O. The Balaban J connectivity index is 1.43. The highest BCUT2D eigenvalue weighted by Gasteiger charge is 2.44. The molecular weight excluding hydrogens is 329 g/mol. The molecule has 3 N–H and O–H groups in total. The van der Waals surface area contributed by atoms with Crippen LogP contribution in [0.3, 0.4) is 0 Å². The summed E-state index contributed by atoms with van der Waals surface area (Å²) in [6, 6.07) is 14.2. The number of benzene rings is 2. The highest BCUT2D eigenvalue weighted by atomic mass is 19.1. The Bertz CT molecular complexity index is 754. The van der Waals surface area contributed by atoms with Crippen LogP contribution in [0.2, 0.25) is 0 Å². The van der Waals surface area contributed by atoms with Crippen LogP contribution >= 0.6 is 0 Å². The lowest BCUT2D eigenvalue weighted by Crippen LogP contribution is -2.41. The third-order valence-electron chi connectivity index (χ3n) is 4.98. The normalized spacial score (nSPS) is 15.5. The van der Waals surface area contributed by atoms with Crippen LogP contribution in [-0.4, -0.2) is 31.2 Å². The van der Waals surface area contributed by atoms with Crippen molar-refractivity contribution in [1.82, 2.24) is 10.6 Å². The first-order valence-electron chi connectivity index (χ1n) is 9.10. The standard InChI is InChI=1S/C21H26FN3O/c1-23-20(24-13-3-4-16-7-9-19(26)10-8-16)25-15-21(11-12-21)17-5-2-6-18(22)14-17/h2,5-10,14,26H,3-4,11-13,15H2,1H3,(H2,23,24,25). The van der Waals surface area contributed by atoms with E-state index in [9.17, 15) is 9.50 Å². The quantitative estimate of drug-likeness (QED) is 0.405. The molecule has 2 aromatic carbocycles. The maximum Gasteiger partial charge on any atom is 0.191 e. The van der Waals surface area contributed by atoms with Gasteiger partial charge in [0.2, 0.25) is 0 Å². The zero-order valence-electron chi connectivity index (χ0n) is 15.1. The van der Waals surface area contributed by atoms with Crippen molar-refractivity contribution in [2.24, 2.45) is 4.99 Å². The Kier molecular flexibility index (Phi) is 5.76. The fourth-order valence-electron chi connectivity index (χ4n) is 3.17. The molecule has 2 aromatic rings. The van der Waals surface area contributed by atoms with Crippen LogP contribution in [-0.2, 0) is 11.8 Å². The Morgan fingerprint density at radius 1 is 1.15 bits per heavy atom. The first-order valence-corrected chi connectivity index (χ1v) is 9.10. The van der Waals surface area contributed by atoms with Crippen LogP contribution in [0.5, 0.6) is 5.75 Å². The predicted molar refractivity (Wildman–Crippen MR) is 103 cm³/mol. The van der Waals surface area contributed by atoms with E-state index in [0.717, 1.165) is 50.3 Å². The van der Waals surface area contributed by atoms with E-state index < -0.39 is 0 Å². The summed E-state index contributed by atoms with van der Waals surface area (Å²) in [6.45, 7) is 1.57. The predicted octanol–water partition coefficient (Wildman–Crippen LogP) is 3.36. The first kappa shape index (κ1) is 18.2. The number of phenols is 1. The molecule has 0 radical (unpaired) electrons. The van der Waals surface area contributed by atoms with E-state index in [1.807, 2.05) is 18.2 Å². The van der Waals surface area contributed by atoms with Gasteiger partial charge in [-0.25, -0.2) is 4.39 Å². The third-order valence-corrected chi connectivity index (χ3v) is 4.98. The zero-order valence-corrected chi connectivity index (χ0v) is 15.1. The minimum atomic E-state index is -0.175. The van der Waals surface area contributed by atoms with Crippen LogP contribution < -0.4 is 10.6 Å². The van der Waals surface area contributed by atoms with Gasteiger partial charge in [-0.15, -0.1) is 0 Å². The van der Waals surface area contributed by atoms with E-state index in [2.05, 4.69) is 15.6 Å². The Morgan fingerprint density at radius 2 is 1.92 bits per heavy atom. The van der Waals surface area contributed by atoms with Crippen LogP contribution in [0, 0.1) is 5.82 Å². The number of rotatable bonds is 7. The Hall–Kier alpha value is -2.56. The summed E-state index contributed by atoms with van der Waals surface area (Å²) in [6.07, 6.45) is 4.06. The summed E-state index contributed by atoms with van der Waals surface area (Å²) in [5.74, 6) is 0.896. The van der Waals surface area contributed by atoms with Crippen molar-refractivity contribution in [3.8, 4) is 5.75 Å². The molecule has 138 valence electrons. The molecule has 0 atom stereocenters. The summed E-state index contributed by atoms with van der Waals surface area (Å²) < 4.78 is 13.5. The molecule has 0 saturated heterocycles. The Morgan fingerprint density at radius 3 is 2.58 bits per heavy atom. The van der Waals surface area contributed by atoms with E-state index in [4.69, 9.17) is 0 Å². The molecule has 3 rings (SSSR count). The van der Waals surface area contributed by atoms with E-state index >= 15 is 0 Å². The van der Waals surface area contributed by atoms with Gasteiger partial charge in [0.1, 0.15) is 11.6 Å². The second kappa shape index (κ2) is 8.21. The zero-order chi connectivity index (χ0) is 18.4. The van der Waals surface area contributed by atoms with Gasteiger partial charge < -0.3 is 15.7 Å². The number of guanidine groups is 1. The topological polar surface area (TPSA) is 56.7 Å². The number of nitrogens with one attached hydrogen (secondary N) is 2. The highest BCUT2D eigenvalue weighted by Crippen LogP contribution is 2.47. The second-order valence-electron chi connectivity index (χ2n) is 6.91. The van der Waals surface area contributed by atoms with Gasteiger partial charge >= 0.3 is 0 Å². The molecule has 0 aliphatic heterocycles. The van der Waals surface area contributed by atoms with Crippen molar-refractivity contribution in [3.63, 3.8) is 0 Å². The molecule has 1 fully saturated rings. The van der Waals surface area contributed by atoms with Gasteiger partial charge in [-0.1, -0.05) is 24.3 Å². The molecule has 1 saturated carbocycles. The van der Waals surface area contributed by atoms with Crippen molar-refractivity contribution in [3.05, 3.63) is 65.5 Å². The summed E-state index contributed by atoms with van der Waals surface area (Å²) in [4.78, 5) is 4.27. The number of phenolic OH excluding ortho intramolecular Hbond substituents is 1. The molecule has 0 spiro atoms. The first-order chi connectivity index (χ1) is 12.6. The molecule has 4 nitrogen and oxygen atoms in total. The van der Waals surface area contributed by atoms with Crippen LogP contribution in [0.25, 0.3) is 0 Å². The lowest BCUT2D eigenvalue weighted by molar-refractivity contribution is 0.475. The lowest BCUT2D eigenvalue weighted by atomic mass is 9.96. The molecule has 1 aliphatic carbocycles. The largest absolute Gasteiger partial charge is 0.508 e. The molecule has 26 heavy (non-hydrogen) atoms. The molecule has 0 unspecified atom stereocenters. The lowest BCUT2D eigenvalue weighted by Gasteiger charge is -2.19. The minimum absolute atomic E-state index is 0.0335. The number of aryl methyl sites for hydroxylation is 1. The number of nitrogens with zero attached hydrogens (tertiary/aromatic N) is 1. The molecule has 0 bridgehead atoms. The minimum Gasteiger partial charge on any atom is -0.508 e. The van der Waals surface area contributed by atoms with Crippen molar-refractivity contribution >= 4 is 5.96 Å². The van der Waals surface area contributed by atoms with Crippen molar-refractivity contribution in [2.75, 3.05) is 20.1 Å². The number of hydrogen-bond acceptors (Lipinski definition) is 2. The van der Waals surface area contributed by atoms with Crippen LogP contribution in [0.1, 0.15) is 30.4 Å². The van der Waals surface area contributed by atoms with E-state index in [-0.39, 0.29) is 11.2 Å². The van der Waals surface area contributed by atoms with Crippen molar-refractivity contribution < 1.29 is 9.50 Å². The molecule has 5 heteroatoms. The second-order valence-corrected chi connectivity index (χ2v) is 6.91. The van der Waals surface area contributed by atoms with Gasteiger partial charge in [0.25, 0.3) is 0 Å². The number of aromatic hydroxyl groups is 1. The molecule has 0 amide bonds. The third kappa shape index (κ3) is 4.75. The maximum atomic E-state index is 13.5. The fourth-order valence-corrected chi connectivity index (χ4v) is 3.17. The van der Waals surface area contributed by atoms with Crippen LogP contribution in [0.15, 0.2) is 53.5 Å². The van der Waals surface area contributed by atoms with Crippen LogP contribution in [0.4, 0.5) is 4.39 Å². The SMILES string of the molecule is CN=C(NCCCc1ccc(O)cc1)NCC1(c2cccc(F)c2)CC1. The van der Waals surface area contributed by atoms with Crippen molar-refractivity contribution in [2.45, 2.75) is 31.1 Å². The fraction of sp³-hybridized carbons (Fsp3) is 0.381. The van der Waals surface area contributed by atoms with Gasteiger partial charge in [-0.3, -0.25) is 4.99 Å². The smallest absolute Gasteiger partial charge is 0.191 e. The van der Waals surface area contributed by atoms with E-state index in [1.54, 1.807) is 31.3 Å². The highest BCUT2D eigenvalue weighted by molar-refractivity contribution is 5.79. The van der Waals surface area contributed by atoms with Gasteiger partial charge in [0, 0.05) is 25.6 Å². The summed E-state index contributed by atoms with van der Waals surface area (Å²) in [5.41, 5.74) is 2.30. The summed E-state index contributed by atoms with van der Waals surface area (Å²) >= 11 is 0. The van der Waals surface area contributed by atoms with E-state index in [1.165, 1.54) is 11.6 Å². The van der Waals surface area contributed by atoms with Gasteiger partial charge in [0.05, 0.1) is 0 Å². The average molecular weight is 355 g/mol. The van der Waals surface area contributed by atoms with Crippen molar-refractivity contribution in [1.29, 1.82) is 0 Å². The number of hydrogen-bond donors (Lipinski definition) is 3. The van der Waals surface area contributed by atoms with Gasteiger partial charge in [-0.05, 0) is 61.1 Å². The average Bonchev–Trinajstić information content (AvgIpc) is 3.44. The number of halogens is 1. The molecule has 0 heterocycles. The van der Waals surface area contributed by atoms with Gasteiger partial charge in [-0.2, -0.15) is 0 Å². The number of aliphatic imine (C=N–C) groups is 1. The maximum absolute atomic E-state index is 13.5. The van der Waals surface area contributed by atoms with Gasteiger partial charge in [0.15, 0.2) is 5.96 Å². The molecule has 1 aliphatic rings. The Labute approximate surface area is 154 Å². The summed E-state index contributed by atoms with van der Waals surface area (Å²) in [5, 5.41) is 16.0. The molecule has 0 aromatic heterocycles. The summed E-state index contributed by atoms with van der Waals surface area (Å²) in [7, 11) is 1.76.